The van der Waals surface area contributed by atoms with Gasteiger partial charge in [-0.15, -0.1) is 0 Å². The van der Waals surface area contributed by atoms with Crippen LogP contribution in [0, 0.1) is 5.82 Å². The van der Waals surface area contributed by atoms with Gasteiger partial charge in [-0.25, -0.2) is 4.39 Å². The van der Waals surface area contributed by atoms with Crippen molar-refractivity contribution < 1.29 is 9.18 Å². The number of halogens is 2. The molecule has 0 atom stereocenters. The van der Waals surface area contributed by atoms with Gasteiger partial charge in [0.05, 0.1) is 0 Å². The molecule has 1 rings (SSSR count). The summed E-state index contributed by atoms with van der Waals surface area (Å²) in [6.07, 6.45) is 0. The van der Waals surface area contributed by atoms with Gasteiger partial charge in [0.2, 0.25) is 0 Å². The van der Waals surface area contributed by atoms with Crippen molar-refractivity contribution in [1.29, 1.82) is 0 Å². The van der Waals surface area contributed by atoms with Gasteiger partial charge in [0.15, 0.2) is 0 Å². The Morgan fingerprint density at radius 2 is 2.12 bits per heavy atom. The molecule has 0 aliphatic carbocycles. The molecule has 88 valence electrons. The van der Waals surface area contributed by atoms with E-state index < -0.39 is 5.82 Å². The number of carbonyl (C=O) groups excluding carboxylic acids is 1. The Labute approximate surface area is 103 Å². The third-order valence-corrected chi connectivity index (χ3v) is 2.43. The molecule has 0 aliphatic heterocycles. The van der Waals surface area contributed by atoms with E-state index >= 15 is 0 Å². The standard InChI is InChI=1S/C11H14BrFN2O/c1-15(2)4-3-14-11(16)8-5-9(12)7-10(13)6-8/h5-7H,3-4H2,1-2H3,(H,14,16). The molecular weight excluding hydrogens is 275 g/mol. The van der Waals surface area contributed by atoms with Gasteiger partial charge in [0, 0.05) is 23.1 Å². The predicted octanol–water partition coefficient (Wildman–Crippen LogP) is 1.88. The van der Waals surface area contributed by atoms with Crippen LogP contribution in [0.4, 0.5) is 4.39 Å². The molecule has 1 aromatic carbocycles. The van der Waals surface area contributed by atoms with Gasteiger partial charge >= 0.3 is 0 Å². The van der Waals surface area contributed by atoms with Gasteiger partial charge < -0.3 is 10.2 Å². The zero-order valence-corrected chi connectivity index (χ0v) is 10.8. The van der Waals surface area contributed by atoms with Gasteiger partial charge in [0.1, 0.15) is 5.82 Å². The Morgan fingerprint density at radius 1 is 1.44 bits per heavy atom. The lowest BCUT2D eigenvalue weighted by atomic mass is 10.2. The van der Waals surface area contributed by atoms with Crippen LogP contribution in [0.3, 0.4) is 0 Å². The third-order valence-electron chi connectivity index (χ3n) is 1.97. The van der Waals surface area contributed by atoms with Crippen molar-refractivity contribution in [3.05, 3.63) is 34.1 Å². The van der Waals surface area contributed by atoms with E-state index in [-0.39, 0.29) is 5.91 Å². The van der Waals surface area contributed by atoms with Crippen LogP contribution >= 0.6 is 15.9 Å². The first-order chi connectivity index (χ1) is 7.49. The molecule has 0 heterocycles. The molecule has 0 saturated carbocycles. The van der Waals surface area contributed by atoms with Crippen molar-refractivity contribution in [2.24, 2.45) is 0 Å². The summed E-state index contributed by atoms with van der Waals surface area (Å²) in [4.78, 5) is 13.6. The first-order valence-corrected chi connectivity index (χ1v) is 5.67. The summed E-state index contributed by atoms with van der Waals surface area (Å²) in [7, 11) is 3.84. The van der Waals surface area contributed by atoms with E-state index in [1.165, 1.54) is 12.1 Å². The molecule has 0 bridgehead atoms. The van der Waals surface area contributed by atoms with Gasteiger partial charge in [-0.2, -0.15) is 0 Å². The molecule has 1 amide bonds. The smallest absolute Gasteiger partial charge is 0.251 e. The number of hydrogen-bond donors (Lipinski definition) is 1. The number of benzene rings is 1. The second-order valence-electron chi connectivity index (χ2n) is 3.72. The highest BCUT2D eigenvalue weighted by atomic mass is 79.9. The van der Waals surface area contributed by atoms with E-state index in [1.54, 1.807) is 6.07 Å². The first-order valence-electron chi connectivity index (χ1n) is 4.88. The monoisotopic (exact) mass is 288 g/mol. The normalized spacial score (nSPS) is 10.6. The predicted molar refractivity (Wildman–Crippen MR) is 65.0 cm³/mol. The summed E-state index contributed by atoms with van der Waals surface area (Å²) >= 11 is 3.14. The van der Waals surface area contributed by atoms with Gasteiger partial charge in [-0.1, -0.05) is 15.9 Å². The molecule has 1 aromatic rings. The maximum atomic E-state index is 13.0. The maximum absolute atomic E-state index is 13.0. The molecule has 0 saturated heterocycles. The molecule has 16 heavy (non-hydrogen) atoms. The third kappa shape index (κ3) is 4.28. The molecule has 0 aromatic heterocycles. The molecular formula is C11H14BrFN2O. The molecule has 3 nitrogen and oxygen atoms in total. The average molecular weight is 289 g/mol. The zero-order chi connectivity index (χ0) is 12.1. The number of nitrogens with one attached hydrogen (secondary N) is 1. The average Bonchev–Trinajstić information content (AvgIpc) is 2.15. The van der Waals surface area contributed by atoms with Crippen LogP contribution in [0.15, 0.2) is 22.7 Å². The Bertz CT molecular complexity index is 362. The minimum Gasteiger partial charge on any atom is -0.351 e. The van der Waals surface area contributed by atoms with Crippen molar-refractivity contribution in [3.8, 4) is 0 Å². The lowest BCUT2D eigenvalue weighted by Crippen LogP contribution is -2.31. The quantitative estimate of drug-likeness (QED) is 0.918. The van der Waals surface area contributed by atoms with Crippen LogP contribution in [0.1, 0.15) is 10.4 Å². The topological polar surface area (TPSA) is 32.3 Å². The molecule has 5 heteroatoms. The Kier molecular flexibility index (Phi) is 4.89. The fourth-order valence-electron chi connectivity index (χ4n) is 1.18. The van der Waals surface area contributed by atoms with E-state index in [0.717, 1.165) is 6.54 Å². The number of amides is 1. The second-order valence-corrected chi connectivity index (χ2v) is 4.63. The largest absolute Gasteiger partial charge is 0.351 e. The fourth-order valence-corrected chi connectivity index (χ4v) is 1.65. The maximum Gasteiger partial charge on any atom is 0.251 e. The first kappa shape index (κ1) is 13.1. The minimum atomic E-state index is -0.424. The molecule has 0 unspecified atom stereocenters. The Hall–Kier alpha value is -0.940. The van der Waals surface area contributed by atoms with Gasteiger partial charge in [-0.05, 0) is 32.3 Å². The highest BCUT2D eigenvalue weighted by Gasteiger charge is 2.07. The van der Waals surface area contributed by atoms with Crippen LogP contribution in [-0.2, 0) is 0 Å². The lowest BCUT2D eigenvalue weighted by molar-refractivity contribution is 0.0950. The van der Waals surface area contributed by atoms with Crippen LogP contribution in [0.25, 0.3) is 0 Å². The van der Waals surface area contributed by atoms with E-state index in [4.69, 9.17) is 0 Å². The van der Waals surface area contributed by atoms with Crippen molar-refractivity contribution in [2.75, 3.05) is 27.2 Å². The summed E-state index contributed by atoms with van der Waals surface area (Å²) < 4.78 is 13.6. The molecule has 0 spiro atoms. The minimum absolute atomic E-state index is 0.262. The van der Waals surface area contributed by atoms with E-state index in [1.807, 2.05) is 19.0 Å². The fraction of sp³-hybridized carbons (Fsp3) is 0.364. The number of hydrogen-bond acceptors (Lipinski definition) is 2. The molecule has 0 aliphatic rings. The molecule has 0 radical (unpaired) electrons. The van der Waals surface area contributed by atoms with Crippen LogP contribution in [0.5, 0.6) is 0 Å². The van der Waals surface area contributed by atoms with E-state index in [0.29, 0.717) is 16.6 Å². The zero-order valence-electron chi connectivity index (χ0n) is 9.26. The SMILES string of the molecule is CN(C)CCNC(=O)c1cc(F)cc(Br)c1. The lowest BCUT2D eigenvalue weighted by Gasteiger charge is -2.10. The van der Waals surface area contributed by atoms with Crippen LogP contribution in [0.2, 0.25) is 0 Å². The number of rotatable bonds is 4. The summed E-state index contributed by atoms with van der Waals surface area (Å²) in [6.45, 7) is 1.29. The highest BCUT2D eigenvalue weighted by Crippen LogP contribution is 2.14. The summed E-state index contributed by atoms with van der Waals surface area (Å²) in [5.74, 6) is -0.686. The number of carbonyl (C=O) groups is 1. The van der Waals surface area contributed by atoms with Crippen molar-refractivity contribution >= 4 is 21.8 Å². The van der Waals surface area contributed by atoms with Gasteiger partial charge in [-0.3, -0.25) is 4.79 Å². The van der Waals surface area contributed by atoms with Crippen molar-refractivity contribution in [2.45, 2.75) is 0 Å². The Balaban J connectivity index is 2.59. The molecule has 1 N–H and O–H groups in total. The number of nitrogens with zero attached hydrogens (tertiary/aromatic N) is 1. The van der Waals surface area contributed by atoms with Crippen LogP contribution in [-0.4, -0.2) is 38.0 Å². The van der Waals surface area contributed by atoms with Crippen LogP contribution < -0.4 is 5.32 Å². The van der Waals surface area contributed by atoms with E-state index in [2.05, 4.69) is 21.2 Å². The summed E-state index contributed by atoms with van der Waals surface area (Å²) in [5, 5.41) is 2.72. The highest BCUT2D eigenvalue weighted by molar-refractivity contribution is 9.10. The van der Waals surface area contributed by atoms with Gasteiger partial charge in [0.25, 0.3) is 5.91 Å². The van der Waals surface area contributed by atoms with Crippen molar-refractivity contribution in [1.82, 2.24) is 10.2 Å². The summed E-state index contributed by atoms with van der Waals surface area (Å²) in [5.41, 5.74) is 0.325. The second kappa shape index (κ2) is 5.96. The Morgan fingerprint density at radius 3 is 2.69 bits per heavy atom. The van der Waals surface area contributed by atoms with Crippen molar-refractivity contribution in [3.63, 3.8) is 0 Å². The summed E-state index contributed by atoms with van der Waals surface area (Å²) in [6, 6.07) is 4.13. The van der Waals surface area contributed by atoms with E-state index in [9.17, 15) is 9.18 Å². The number of likely N-dealkylation sites (N-methyl/N-ethyl adjacent to an activating group) is 1. The molecule has 0 fully saturated rings.